The van der Waals surface area contributed by atoms with Crippen LogP contribution >= 0.6 is 0 Å². The summed E-state index contributed by atoms with van der Waals surface area (Å²) < 4.78 is 0. The van der Waals surface area contributed by atoms with Gasteiger partial charge in [-0.15, -0.1) is 0 Å². The SMILES string of the molecule is C1=C2CCCCC2C2CCC3CCCC3C2=C1.C1=C2CCCCC2C2CCC3CCCC3C2C1.C1=CC2C(=CC1)CCC1C3CCCC3CCC21.C1=CC2CCC3C4CCCCC4=CCC3C2C1.C1=CC2CCC3C4CCCCC4CCC3C2C1.C1CCC2C(C1)CCC1C3CCCC3CCC21.C1CCC2C3=C(CCC2C1)C1CCCC1CC3. The molecule has 0 radical (unpaired) electrons. The molecule has 119 heavy (non-hydrogen) atoms. The second-order valence-corrected chi connectivity index (χ2v) is 49.2. The number of fused-ring (bicyclic) bond motifs is 34. The number of hydrogen-bond acceptors (Lipinski definition) is 0. The lowest BCUT2D eigenvalue weighted by atomic mass is 9.54. The standard InChI is InChI=1S/C17H28.3C17H26.3C17H24/c7*1-2-6-14-12(4-1)8-10-17-15-7-3-5-13(15)9-11-16(14)17/h12-17H,1-11H2;12-15H,1-11H2;8,13-17H,1-7,9-11H2;3,5,12-17H,1-2,4,6-11H2;8,10,13-16H,1-7,9,11H2;3,5,8,13-17H,1-2,4,6-7,9-11H2;2,4,6,13-17H,1,3,5,7-11H2. The van der Waals surface area contributed by atoms with Crippen molar-refractivity contribution in [2.45, 2.75) is 424 Å². The van der Waals surface area contributed by atoms with Crippen molar-refractivity contribution in [2.24, 2.45) is 207 Å². The topological polar surface area (TPSA) is 0 Å². The van der Waals surface area contributed by atoms with Crippen LogP contribution in [0.15, 0.2) is 106 Å². The van der Waals surface area contributed by atoms with Crippen molar-refractivity contribution in [3.8, 4) is 0 Å². The molecule has 20 fully saturated rings. The molecule has 0 aromatic rings. The molecule has 0 aromatic carbocycles. The monoisotopic (exact) mass is 1610 g/mol. The highest BCUT2D eigenvalue weighted by atomic mass is 14.6. The summed E-state index contributed by atoms with van der Waals surface area (Å²) in [4.78, 5) is 0. The minimum atomic E-state index is 0.851. The predicted octanol–water partition coefficient (Wildman–Crippen LogP) is 34.2. The molecule has 28 aliphatic carbocycles. The highest BCUT2D eigenvalue weighted by molar-refractivity contribution is 5.35. The van der Waals surface area contributed by atoms with Crippen LogP contribution in [-0.4, -0.2) is 0 Å². The van der Waals surface area contributed by atoms with E-state index in [2.05, 4.69) is 66.8 Å². The summed E-state index contributed by atoms with van der Waals surface area (Å²) in [6, 6.07) is 0. The molecular weight excluding hydrogens is 1430 g/mol. The van der Waals surface area contributed by atoms with Gasteiger partial charge in [-0.25, -0.2) is 0 Å². The zero-order valence-corrected chi connectivity index (χ0v) is 76.7. The first-order chi connectivity index (χ1) is 59.0. The van der Waals surface area contributed by atoms with E-state index in [0.29, 0.717) is 0 Å². The molecule has 0 spiro atoms. The lowest BCUT2D eigenvalue weighted by Gasteiger charge is -2.51. The third kappa shape index (κ3) is 16.8. The number of rotatable bonds is 0. The Morgan fingerprint density at radius 3 is 1.15 bits per heavy atom. The molecule has 20 saturated carbocycles. The second-order valence-electron chi connectivity index (χ2n) is 49.2. The normalized spacial score (nSPS) is 48.7. The van der Waals surface area contributed by atoms with Crippen LogP contribution in [0.25, 0.3) is 0 Å². The van der Waals surface area contributed by atoms with Crippen LogP contribution in [0.1, 0.15) is 424 Å². The van der Waals surface area contributed by atoms with E-state index in [0.717, 1.165) is 183 Å². The van der Waals surface area contributed by atoms with Gasteiger partial charge in [-0.2, -0.15) is 0 Å². The van der Waals surface area contributed by atoms with Crippen molar-refractivity contribution in [3.63, 3.8) is 0 Å². The van der Waals surface area contributed by atoms with Gasteiger partial charge in [0.15, 0.2) is 0 Å². The van der Waals surface area contributed by atoms with Crippen molar-refractivity contribution >= 4 is 0 Å². The Morgan fingerprint density at radius 1 is 0.176 bits per heavy atom. The molecule has 0 aromatic heterocycles. The van der Waals surface area contributed by atoms with Gasteiger partial charge in [0.25, 0.3) is 0 Å². The van der Waals surface area contributed by atoms with Crippen molar-refractivity contribution in [2.75, 3.05) is 0 Å². The van der Waals surface area contributed by atoms with Crippen molar-refractivity contribution in [1.82, 2.24) is 0 Å². The summed E-state index contributed by atoms with van der Waals surface area (Å²) in [6.07, 6.45) is 128. The summed E-state index contributed by atoms with van der Waals surface area (Å²) in [6.45, 7) is 0. The van der Waals surface area contributed by atoms with Gasteiger partial charge >= 0.3 is 0 Å². The van der Waals surface area contributed by atoms with Crippen LogP contribution in [0.5, 0.6) is 0 Å². The van der Waals surface area contributed by atoms with E-state index in [1.165, 1.54) is 255 Å². The molecule has 654 valence electrons. The fourth-order valence-electron chi connectivity index (χ4n) is 40.2. The van der Waals surface area contributed by atoms with Gasteiger partial charge in [0.05, 0.1) is 0 Å². The second kappa shape index (κ2) is 37.8. The maximum absolute atomic E-state index is 2.69. The van der Waals surface area contributed by atoms with Crippen LogP contribution in [0.2, 0.25) is 0 Å². The maximum atomic E-state index is 2.69. The zero-order chi connectivity index (χ0) is 78.7. The highest BCUT2D eigenvalue weighted by Crippen LogP contribution is 2.64. The summed E-state index contributed by atoms with van der Waals surface area (Å²) in [5, 5.41) is 0. The highest BCUT2D eigenvalue weighted by Gasteiger charge is 2.54. The third-order valence-electron chi connectivity index (χ3n) is 45.2. The fourth-order valence-corrected chi connectivity index (χ4v) is 40.2. The van der Waals surface area contributed by atoms with Crippen molar-refractivity contribution in [3.05, 3.63) is 106 Å². The molecule has 28 aliphatic rings. The Morgan fingerprint density at radius 2 is 0.563 bits per heavy atom. The lowest BCUT2D eigenvalue weighted by molar-refractivity contribution is -0.0184. The molecule has 0 amide bonds. The van der Waals surface area contributed by atoms with Gasteiger partial charge in [0, 0.05) is 5.92 Å². The van der Waals surface area contributed by atoms with Gasteiger partial charge in [-0.1, -0.05) is 228 Å². The molecular formula is C119H178. The number of allylic oxidation sites excluding steroid dienone is 18. The maximum Gasteiger partial charge on any atom is 0.000798 e. The largest absolute Gasteiger partial charge is 0.0879 e. The van der Waals surface area contributed by atoms with E-state index in [1.807, 2.05) is 27.9 Å². The summed E-state index contributed by atoms with van der Waals surface area (Å²) in [5.74, 6) is 37.7. The molecule has 0 aliphatic heterocycles. The van der Waals surface area contributed by atoms with E-state index in [1.54, 1.807) is 204 Å². The van der Waals surface area contributed by atoms with Crippen LogP contribution < -0.4 is 0 Å². The Bertz CT molecular complexity index is 3610. The van der Waals surface area contributed by atoms with Crippen molar-refractivity contribution in [1.29, 1.82) is 0 Å². The molecule has 0 N–H and O–H groups in total. The minimum absolute atomic E-state index is 0.851. The van der Waals surface area contributed by atoms with E-state index >= 15 is 0 Å². The lowest BCUT2D eigenvalue weighted by Crippen LogP contribution is -2.43. The van der Waals surface area contributed by atoms with Gasteiger partial charge in [0.2, 0.25) is 0 Å². The molecule has 0 nitrogen and oxygen atoms in total. The smallest absolute Gasteiger partial charge is 0.000798 e. The molecule has 0 saturated heterocycles. The Balaban J connectivity index is 0.0000000835. The Labute approximate surface area is 731 Å². The first-order valence-electron chi connectivity index (χ1n) is 56.2. The molecule has 35 unspecified atom stereocenters. The van der Waals surface area contributed by atoms with E-state index in [-0.39, 0.29) is 0 Å². The molecule has 0 bridgehead atoms. The molecule has 0 heteroatoms. The average Bonchev–Trinajstić information content (AvgIpc) is 1.69. The van der Waals surface area contributed by atoms with Crippen LogP contribution in [-0.2, 0) is 0 Å². The summed E-state index contributed by atoms with van der Waals surface area (Å²) >= 11 is 0. The van der Waals surface area contributed by atoms with Gasteiger partial charge in [-0.3, -0.25) is 0 Å². The summed E-state index contributed by atoms with van der Waals surface area (Å²) in [5.41, 5.74) is 13.2. The molecule has 0 heterocycles. The van der Waals surface area contributed by atoms with E-state index in [9.17, 15) is 0 Å². The van der Waals surface area contributed by atoms with Gasteiger partial charge in [-0.05, 0) is 503 Å². The summed E-state index contributed by atoms with van der Waals surface area (Å²) in [7, 11) is 0. The van der Waals surface area contributed by atoms with Crippen LogP contribution in [0, 0.1) is 207 Å². The first kappa shape index (κ1) is 82.4. The van der Waals surface area contributed by atoms with E-state index in [4.69, 9.17) is 0 Å². The molecule has 35 atom stereocenters. The number of hydrogen-bond donors (Lipinski definition) is 0. The average molecular weight is 1610 g/mol. The van der Waals surface area contributed by atoms with Crippen LogP contribution in [0.3, 0.4) is 0 Å². The third-order valence-corrected chi connectivity index (χ3v) is 45.2. The first-order valence-corrected chi connectivity index (χ1v) is 56.2. The van der Waals surface area contributed by atoms with Gasteiger partial charge in [0.1, 0.15) is 0 Å². The van der Waals surface area contributed by atoms with Gasteiger partial charge < -0.3 is 0 Å². The Hall–Kier alpha value is -2.34. The van der Waals surface area contributed by atoms with Crippen LogP contribution in [0.4, 0.5) is 0 Å². The fraction of sp³-hybridized carbons (Fsp3) is 0.849. The minimum Gasteiger partial charge on any atom is -0.0879 e. The predicted molar refractivity (Wildman–Crippen MR) is 502 cm³/mol. The van der Waals surface area contributed by atoms with Crippen molar-refractivity contribution < 1.29 is 0 Å². The quantitative estimate of drug-likeness (QED) is 0.212. The zero-order valence-electron chi connectivity index (χ0n) is 76.7. The molecule has 28 rings (SSSR count). The Kier molecular flexibility index (Phi) is 26.1. The van der Waals surface area contributed by atoms with E-state index < -0.39 is 0 Å².